The number of piperidine rings is 1. The minimum atomic E-state index is -0.151. The van der Waals surface area contributed by atoms with E-state index in [1.54, 1.807) is 14.2 Å². The lowest BCUT2D eigenvalue weighted by atomic mass is 10.00. The normalized spacial score (nSPS) is 18.7. The molecule has 1 fully saturated rings. The third kappa shape index (κ3) is 6.61. The highest BCUT2D eigenvalue weighted by Gasteiger charge is 2.20. The maximum atomic E-state index is 12.4. The monoisotopic (exact) mass is 394 g/mol. The van der Waals surface area contributed by atoms with Crippen LogP contribution in [0, 0.1) is 0 Å². The number of methoxy groups -OCH3 is 2. The summed E-state index contributed by atoms with van der Waals surface area (Å²) in [6, 6.07) is 6.47. The van der Waals surface area contributed by atoms with Gasteiger partial charge in [0.25, 0.3) is 0 Å². The van der Waals surface area contributed by atoms with E-state index in [0.29, 0.717) is 11.5 Å². The molecule has 2 rings (SSSR count). The van der Waals surface area contributed by atoms with Gasteiger partial charge in [-0.2, -0.15) is 0 Å². The van der Waals surface area contributed by atoms with Crippen LogP contribution in [0.25, 0.3) is 0 Å². The third-order valence-corrected chi connectivity index (χ3v) is 6.27. The van der Waals surface area contributed by atoms with E-state index >= 15 is 0 Å². The van der Waals surface area contributed by atoms with Gasteiger partial charge in [0.15, 0.2) is 11.5 Å². The molecular weight excluding hydrogens is 360 g/mol. The molecule has 0 bridgehead atoms. The summed E-state index contributed by atoms with van der Waals surface area (Å²) in [4.78, 5) is 16.0. The molecule has 1 heterocycles. The molecule has 152 valence electrons. The van der Waals surface area contributed by atoms with Crippen LogP contribution in [0.2, 0.25) is 0 Å². The molecule has 5 nitrogen and oxygen atoms in total. The minimum absolute atomic E-state index is 0.0838. The van der Waals surface area contributed by atoms with Crippen molar-refractivity contribution in [2.24, 2.45) is 0 Å². The van der Waals surface area contributed by atoms with Crippen LogP contribution in [0.15, 0.2) is 23.1 Å². The van der Waals surface area contributed by atoms with E-state index in [2.05, 4.69) is 17.1 Å². The number of ether oxygens (including phenoxy) is 2. The second-order valence-electron chi connectivity index (χ2n) is 7.02. The van der Waals surface area contributed by atoms with Gasteiger partial charge in [-0.25, -0.2) is 0 Å². The topological polar surface area (TPSA) is 50.8 Å². The van der Waals surface area contributed by atoms with Gasteiger partial charge in [0.2, 0.25) is 5.91 Å². The molecule has 1 N–H and O–H groups in total. The maximum Gasteiger partial charge on any atom is 0.233 e. The Labute approximate surface area is 168 Å². The van der Waals surface area contributed by atoms with Crippen LogP contribution in [0.4, 0.5) is 0 Å². The lowest BCUT2D eigenvalue weighted by Crippen LogP contribution is -2.41. The fourth-order valence-corrected chi connectivity index (χ4v) is 4.52. The first-order valence-electron chi connectivity index (χ1n) is 9.99. The Morgan fingerprint density at radius 1 is 1.30 bits per heavy atom. The van der Waals surface area contributed by atoms with Gasteiger partial charge >= 0.3 is 0 Å². The number of rotatable bonds is 10. The van der Waals surface area contributed by atoms with Gasteiger partial charge < -0.3 is 19.7 Å². The summed E-state index contributed by atoms with van der Waals surface area (Å²) in [6.45, 7) is 7.24. The molecule has 1 saturated heterocycles. The predicted octanol–water partition coefficient (Wildman–Crippen LogP) is 3.96. The molecule has 0 saturated carbocycles. The number of benzene rings is 1. The van der Waals surface area contributed by atoms with Crippen molar-refractivity contribution in [3.8, 4) is 11.5 Å². The molecular formula is C21H34N2O3S. The Balaban J connectivity index is 1.74. The number of thioether (sulfide) groups is 1. The number of carbonyl (C=O) groups is 1. The van der Waals surface area contributed by atoms with E-state index in [4.69, 9.17) is 9.47 Å². The molecule has 0 aliphatic carbocycles. The van der Waals surface area contributed by atoms with Gasteiger partial charge in [0.1, 0.15) is 0 Å². The van der Waals surface area contributed by atoms with Gasteiger partial charge in [-0.15, -0.1) is 11.8 Å². The van der Waals surface area contributed by atoms with Crippen LogP contribution in [0.3, 0.4) is 0 Å². The number of nitrogens with zero attached hydrogens (tertiary/aromatic N) is 1. The van der Waals surface area contributed by atoms with Crippen molar-refractivity contribution in [3.05, 3.63) is 18.2 Å². The first-order valence-corrected chi connectivity index (χ1v) is 10.9. The molecule has 27 heavy (non-hydrogen) atoms. The first-order chi connectivity index (χ1) is 13.1. The Morgan fingerprint density at radius 3 is 2.78 bits per heavy atom. The van der Waals surface area contributed by atoms with Crippen LogP contribution in [-0.2, 0) is 4.79 Å². The average Bonchev–Trinajstić information content (AvgIpc) is 2.71. The molecule has 1 aromatic rings. The van der Waals surface area contributed by atoms with Crippen molar-refractivity contribution in [1.29, 1.82) is 0 Å². The summed E-state index contributed by atoms with van der Waals surface area (Å²) in [5.74, 6) is 1.46. The van der Waals surface area contributed by atoms with Gasteiger partial charge in [-0.05, 0) is 57.4 Å². The van der Waals surface area contributed by atoms with Gasteiger partial charge in [-0.3, -0.25) is 4.79 Å². The van der Waals surface area contributed by atoms with Crippen LogP contribution < -0.4 is 14.8 Å². The van der Waals surface area contributed by atoms with Crippen molar-refractivity contribution >= 4 is 17.7 Å². The molecule has 1 aliphatic heterocycles. The summed E-state index contributed by atoms with van der Waals surface area (Å²) in [6.07, 6.45) is 6.22. The molecule has 0 radical (unpaired) electrons. The Bertz CT molecular complexity index is 597. The van der Waals surface area contributed by atoms with Crippen LogP contribution in [0.1, 0.15) is 46.0 Å². The zero-order valence-corrected chi connectivity index (χ0v) is 17.9. The average molecular weight is 395 g/mol. The quantitative estimate of drug-likeness (QED) is 0.481. The summed E-state index contributed by atoms with van der Waals surface area (Å²) >= 11 is 1.53. The van der Waals surface area contributed by atoms with Gasteiger partial charge in [0.05, 0.1) is 19.5 Å². The molecule has 0 aromatic heterocycles. The van der Waals surface area contributed by atoms with E-state index < -0.39 is 0 Å². The standard InChI is InChI=1S/C21H34N2O3S/c1-5-17-9-6-7-13-23(17)14-8-12-22-21(24)16(2)27-18-10-11-19(25-3)20(15-18)26-4/h10-11,15-17H,5-9,12-14H2,1-4H3,(H,22,24)/t16-,17+/m1/s1. The van der Waals surface area contributed by atoms with Crippen molar-refractivity contribution in [3.63, 3.8) is 0 Å². The first kappa shape index (κ1) is 21.9. The highest BCUT2D eigenvalue weighted by Crippen LogP contribution is 2.33. The van der Waals surface area contributed by atoms with Crippen molar-refractivity contribution < 1.29 is 14.3 Å². The molecule has 2 atom stereocenters. The van der Waals surface area contributed by atoms with E-state index in [-0.39, 0.29) is 11.2 Å². The molecule has 6 heteroatoms. The number of hydrogen-bond acceptors (Lipinski definition) is 5. The second-order valence-corrected chi connectivity index (χ2v) is 8.43. The smallest absolute Gasteiger partial charge is 0.233 e. The molecule has 1 amide bonds. The number of carbonyl (C=O) groups excluding carboxylic acids is 1. The number of nitrogens with one attached hydrogen (secondary N) is 1. The zero-order valence-electron chi connectivity index (χ0n) is 17.1. The van der Waals surface area contributed by atoms with E-state index in [1.165, 1.54) is 44.0 Å². The molecule has 1 aromatic carbocycles. The summed E-state index contributed by atoms with van der Waals surface area (Å²) in [5, 5.41) is 2.93. The largest absolute Gasteiger partial charge is 0.493 e. The van der Waals surface area contributed by atoms with E-state index in [9.17, 15) is 4.79 Å². The van der Waals surface area contributed by atoms with Gasteiger partial charge in [0, 0.05) is 24.0 Å². The second kappa shape index (κ2) is 11.4. The number of amides is 1. The van der Waals surface area contributed by atoms with E-state index in [1.807, 2.05) is 25.1 Å². The lowest BCUT2D eigenvalue weighted by Gasteiger charge is -2.35. The summed E-state index contributed by atoms with van der Waals surface area (Å²) in [5.41, 5.74) is 0. The van der Waals surface area contributed by atoms with Gasteiger partial charge in [-0.1, -0.05) is 13.3 Å². The highest BCUT2D eigenvalue weighted by molar-refractivity contribution is 8.00. The van der Waals surface area contributed by atoms with Crippen molar-refractivity contribution in [2.45, 2.75) is 62.1 Å². The molecule has 1 aliphatic rings. The van der Waals surface area contributed by atoms with Crippen LogP contribution in [0.5, 0.6) is 11.5 Å². The SMILES string of the molecule is CC[C@H]1CCCCN1CCCNC(=O)[C@@H](C)Sc1ccc(OC)c(OC)c1. The zero-order chi connectivity index (χ0) is 19.6. The Morgan fingerprint density at radius 2 is 2.07 bits per heavy atom. The maximum absolute atomic E-state index is 12.4. The minimum Gasteiger partial charge on any atom is -0.493 e. The summed E-state index contributed by atoms with van der Waals surface area (Å²) < 4.78 is 10.6. The highest BCUT2D eigenvalue weighted by atomic mass is 32.2. The Hall–Kier alpha value is -1.40. The number of hydrogen-bond donors (Lipinski definition) is 1. The van der Waals surface area contributed by atoms with Crippen LogP contribution in [-0.4, -0.2) is 56.0 Å². The van der Waals surface area contributed by atoms with Crippen LogP contribution >= 0.6 is 11.8 Å². The molecule has 0 unspecified atom stereocenters. The van der Waals surface area contributed by atoms with E-state index in [0.717, 1.165) is 30.4 Å². The lowest BCUT2D eigenvalue weighted by molar-refractivity contribution is -0.120. The predicted molar refractivity (Wildman–Crippen MR) is 112 cm³/mol. The third-order valence-electron chi connectivity index (χ3n) is 5.18. The summed E-state index contributed by atoms with van der Waals surface area (Å²) in [7, 11) is 3.24. The molecule has 0 spiro atoms. The Kier molecular flexibility index (Phi) is 9.28. The van der Waals surface area contributed by atoms with Crippen molar-refractivity contribution in [2.75, 3.05) is 33.9 Å². The number of likely N-dealkylation sites (tertiary alicyclic amines) is 1. The fourth-order valence-electron chi connectivity index (χ4n) is 3.60. The van der Waals surface area contributed by atoms with Crippen molar-refractivity contribution in [1.82, 2.24) is 10.2 Å². The fraction of sp³-hybridized carbons (Fsp3) is 0.667.